The third kappa shape index (κ3) is 3.31. The highest BCUT2D eigenvalue weighted by Crippen LogP contribution is 2.28. The molecule has 3 unspecified atom stereocenters. The first-order chi connectivity index (χ1) is 10.1. The number of nitrogens with zero attached hydrogens (tertiary/aromatic N) is 1. The largest absolute Gasteiger partial charge is 0.508 e. The van der Waals surface area contributed by atoms with Crippen molar-refractivity contribution in [2.75, 3.05) is 26.2 Å². The molecule has 0 aliphatic carbocycles. The van der Waals surface area contributed by atoms with E-state index in [-0.39, 0.29) is 23.6 Å². The molecular weight excluding hydrogens is 268 g/mol. The van der Waals surface area contributed by atoms with Gasteiger partial charge in [-0.25, -0.2) is 0 Å². The number of hydrogen-bond acceptors (Lipinski definition) is 5. The molecule has 3 rings (SSSR count). The van der Waals surface area contributed by atoms with Crippen molar-refractivity contribution in [2.45, 2.75) is 38.0 Å². The van der Waals surface area contributed by atoms with Crippen molar-refractivity contribution < 1.29 is 14.9 Å². The molecule has 2 aliphatic rings. The maximum absolute atomic E-state index is 9.87. The number of benzene rings is 1. The van der Waals surface area contributed by atoms with Gasteiger partial charge in [0.25, 0.3) is 0 Å². The molecule has 1 aromatic carbocycles. The quantitative estimate of drug-likeness (QED) is 0.736. The molecule has 3 N–H and O–H groups in total. The highest BCUT2D eigenvalue weighted by Gasteiger charge is 2.32. The fraction of sp³-hybridized carbons (Fsp3) is 0.625. The van der Waals surface area contributed by atoms with Gasteiger partial charge in [-0.15, -0.1) is 0 Å². The minimum absolute atomic E-state index is 0.0306. The average Bonchev–Trinajstić information content (AvgIpc) is 2.94. The van der Waals surface area contributed by atoms with Crippen LogP contribution in [0.4, 0.5) is 0 Å². The summed E-state index contributed by atoms with van der Waals surface area (Å²) in [4.78, 5) is 2.52. The van der Waals surface area contributed by atoms with E-state index in [4.69, 9.17) is 4.74 Å². The Balaban J connectivity index is 1.53. The molecule has 2 aliphatic heterocycles. The molecule has 0 aromatic heterocycles. The van der Waals surface area contributed by atoms with Crippen LogP contribution in [0.1, 0.15) is 31.4 Å². The van der Waals surface area contributed by atoms with Crippen LogP contribution in [0.15, 0.2) is 18.2 Å². The van der Waals surface area contributed by atoms with E-state index in [1.807, 2.05) is 6.92 Å². The maximum Gasteiger partial charge on any atom is 0.120 e. The number of rotatable bonds is 4. The Labute approximate surface area is 125 Å². The molecule has 2 heterocycles. The first-order valence-corrected chi connectivity index (χ1v) is 7.74. The van der Waals surface area contributed by atoms with Crippen LogP contribution in [-0.2, 0) is 4.74 Å². The van der Waals surface area contributed by atoms with E-state index in [0.717, 1.165) is 19.7 Å². The number of ether oxygens (including phenoxy) is 1. The Bertz CT molecular complexity index is 494. The van der Waals surface area contributed by atoms with Gasteiger partial charge in [0.1, 0.15) is 11.5 Å². The smallest absolute Gasteiger partial charge is 0.120 e. The van der Waals surface area contributed by atoms with Gasteiger partial charge >= 0.3 is 0 Å². The lowest BCUT2D eigenvalue weighted by molar-refractivity contribution is -0.0477. The SMILES string of the molecule is CC(NCC1CN2CCCC2CO1)c1cc(O)ccc1O. The van der Waals surface area contributed by atoms with Crippen LogP contribution in [0.25, 0.3) is 0 Å². The summed E-state index contributed by atoms with van der Waals surface area (Å²) in [7, 11) is 0. The number of hydrogen-bond donors (Lipinski definition) is 3. The van der Waals surface area contributed by atoms with Gasteiger partial charge in [0.05, 0.1) is 12.7 Å². The normalized spacial score (nSPS) is 27.5. The summed E-state index contributed by atoms with van der Waals surface area (Å²) in [5.41, 5.74) is 0.713. The Morgan fingerprint density at radius 1 is 1.43 bits per heavy atom. The molecule has 5 nitrogen and oxygen atoms in total. The number of nitrogens with one attached hydrogen (secondary N) is 1. The predicted octanol–water partition coefficient (Wildman–Crippen LogP) is 1.61. The summed E-state index contributed by atoms with van der Waals surface area (Å²) in [6, 6.07) is 5.20. The molecule has 1 aromatic rings. The number of fused-ring (bicyclic) bond motifs is 1. The van der Waals surface area contributed by atoms with Gasteiger partial charge in [-0.3, -0.25) is 4.90 Å². The number of morpholine rings is 1. The Morgan fingerprint density at radius 3 is 3.14 bits per heavy atom. The first-order valence-electron chi connectivity index (χ1n) is 7.74. The molecule has 0 bridgehead atoms. The standard InChI is InChI=1S/C16H24N2O3/c1-11(15-7-13(19)4-5-16(15)20)17-8-14-9-18-6-2-3-12(18)10-21-14/h4-5,7,11-12,14,17,19-20H,2-3,6,8-10H2,1H3. The zero-order chi connectivity index (χ0) is 14.8. The summed E-state index contributed by atoms with van der Waals surface area (Å²) >= 11 is 0. The highest BCUT2D eigenvalue weighted by atomic mass is 16.5. The summed E-state index contributed by atoms with van der Waals surface area (Å²) in [5.74, 6) is 0.377. The van der Waals surface area contributed by atoms with Crippen molar-refractivity contribution in [3.05, 3.63) is 23.8 Å². The van der Waals surface area contributed by atoms with Crippen LogP contribution >= 0.6 is 0 Å². The average molecular weight is 292 g/mol. The maximum atomic E-state index is 9.87. The lowest BCUT2D eigenvalue weighted by Gasteiger charge is -2.35. The third-order valence-corrected chi connectivity index (χ3v) is 4.59. The van der Waals surface area contributed by atoms with Gasteiger partial charge in [0.15, 0.2) is 0 Å². The number of aromatic hydroxyl groups is 2. The third-order valence-electron chi connectivity index (χ3n) is 4.59. The number of phenolic OH excluding ortho intramolecular Hbond substituents is 2. The lowest BCUT2D eigenvalue weighted by Crippen LogP contribution is -2.49. The summed E-state index contributed by atoms with van der Waals surface area (Å²) < 4.78 is 5.92. The Kier molecular flexibility index (Phi) is 4.33. The second kappa shape index (κ2) is 6.22. The second-order valence-electron chi connectivity index (χ2n) is 6.12. The van der Waals surface area contributed by atoms with Crippen molar-refractivity contribution in [3.8, 4) is 11.5 Å². The molecule has 0 radical (unpaired) electrons. The van der Waals surface area contributed by atoms with Crippen LogP contribution in [0.5, 0.6) is 11.5 Å². The molecule has 2 saturated heterocycles. The molecule has 0 amide bonds. The van der Waals surface area contributed by atoms with Crippen molar-refractivity contribution >= 4 is 0 Å². The molecule has 2 fully saturated rings. The van der Waals surface area contributed by atoms with Crippen LogP contribution in [0, 0.1) is 0 Å². The van der Waals surface area contributed by atoms with Crippen molar-refractivity contribution in [1.82, 2.24) is 10.2 Å². The highest BCUT2D eigenvalue weighted by molar-refractivity contribution is 5.40. The zero-order valence-corrected chi connectivity index (χ0v) is 12.5. The van der Waals surface area contributed by atoms with Gasteiger partial charge in [0.2, 0.25) is 0 Å². The zero-order valence-electron chi connectivity index (χ0n) is 12.5. The molecule has 116 valence electrons. The van der Waals surface area contributed by atoms with E-state index >= 15 is 0 Å². The van der Waals surface area contributed by atoms with E-state index in [1.165, 1.54) is 31.5 Å². The van der Waals surface area contributed by atoms with E-state index in [1.54, 1.807) is 6.07 Å². The molecule has 5 heteroatoms. The van der Waals surface area contributed by atoms with Crippen molar-refractivity contribution in [1.29, 1.82) is 0 Å². The van der Waals surface area contributed by atoms with Crippen molar-refractivity contribution in [2.24, 2.45) is 0 Å². The fourth-order valence-corrected chi connectivity index (χ4v) is 3.32. The van der Waals surface area contributed by atoms with E-state index in [0.29, 0.717) is 11.6 Å². The predicted molar refractivity (Wildman–Crippen MR) is 80.5 cm³/mol. The summed E-state index contributed by atoms with van der Waals surface area (Å²) in [6.45, 7) is 5.73. The minimum Gasteiger partial charge on any atom is -0.508 e. The van der Waals surface area contributed by atoms with Crippen LogP contribution in [0.2, 0.25) is 0 Å². The monoisotopic (exact) mass is 292 g/mol. The van der Waals surface area contributed by atoms with E-state index < -0.39 is 0 Å². The molecular formula is C16H24N2O3. The first kappa shape index (κ1) is 14.6. The van der Waals surface area contributed by atoms with E-state index in [2.05, 4.69) is 10.2 Å². The minimum atomic E-state index is -0.0306. The molecule has 21 heavy (non-hydrogen) atoms. The van der Waals surface area contributed by atoms with Gasteiger partial charge in [-0.2, -0.15) is 0 Å². The number of phenols is 2. The molecule has 0 spiro atoms. The second-order valence-corrected chi connectivity index (χ2v) is 6.12. The van der Waals surface area contributed by atoms with Gasteiger partial charge in [-0.05, 0) is 44.5 Å². The molecule has 3 atom stereocenters. The Hall–Kier alpha value is -1.30. The Morgan fingerprint density at radius 2 is 2.29 bits per heavy atom. The fourth-order valence-electron chi connectivity index (χ4n) is 3.32. The summed E-state index contributed by atoms with van der Waals surface area (Å²) in [5, 5.41) is 22.8. The summed E-state index contributed by atoms with van der Waals surface area (Å²) in [6.07, 6.45) is 2.73. The van der Waals surface area contributed by atoms with Crippen LogP contribution in [-0.4, -0.2) is 53.5 Å². The van der Waals surface area contributed by atoms with Crippen LogP contribution in [0.3, 0.4) is 0 Å². The van der Waals surface area contributed by atoms with Gasteiger partial charge in [0, 0.05) is 30.7 Å². The van der Waals surface area contributed by atoms with Gasteiger partial charge < -0.3 is 20.3 Å². The lowest BCUT2D eigenvalue weighted by atomic mass is 10.1. The van der Waals surface area contributed by atoms with Crippen LogP contribution < -0.4 is 5.32 Å². The topological polar surface area (TPSA) is 65.0 Å². The molecule has 0 saturated carbocycles. The van der Waals surface area contributed by atoms with Crippen molar-refractivity contribution in [3.63, 3.8) is 0 Å². The van der Waals surface area contributed by atoms with Gasteiger partial charge in [-0.1, -0.05) is 0 Å². The van der Waals surface area contributed by atoms with E-state index in [9.17, 15) is 10.2 Å².